The number of aliphatic hydroxyl groups excluding tert-OH is 1. The monoisotopic (exact) mass is 407 g/mol. The average Bonchev–Trinajstić information content (AvgIpc) is 3.11. The molecule has 2 aliphatic rings. The Morgan fingerprint density at radius 1 is 1.21 bits per heavy atom. The summed E-state index contributed by atoms with van der Waals surface area (Å²) in [6, 6.07) is -0.609. The van der Waals surface area contributed by atoms with Crippen LogP contribution in [0.15, 0.2) is 18.7 Å². The summed E-state index contributed by atoms with van der Waals surface area (Å²) in [7, 11) is 1.94. The van der Waals surface area contributed by atoms with Crippen molar-refractivity contribution in [2.75, 3.05) is 39.8 Å². The topological polar surface area (TPSA) is 91.1 Å². The van der Waals surface area contributed by atoms with E-state index in [0.29, 0.717) is 45.7 Å². The zero-order valence-electron chi connectivity index (χ0n) is 17.8. The molecule has 2 fully saturated rings. The highest BCUT2D eigenvalue weighted by molar-refractivity contribution is 5.86. The molecule has 9 heteroatoms. The molecule has 0 radical (unpaired) electrons. The molecule has 2 saturated heterocycles. The van der Waals surface area contributed by atoms with Gasteiger partial charge in [0, 0.05) is 51.7 Å². The number of aliphatic hydroxyl groups is 1. The third-order valence-electron chi connectivity index (χ3n) is 5.35. The number of β-amino-alcohol motifs (C(OH)–C–C–N with tert-alkyl or cyclic N) is 1. The Kier molecular flexibility index (Phi) is 6.48. The number of aromatic nitrogens is 2. The fourth-order valence-electron chi connectivity index (χ4n) is 4.06. The summed E-state index contributed by atoms with van der Waals surface area (Å²) >= 11 is 0. The molecule has 3 rings (SSSR count). The molecule has 0 aromatic carbocycles. The summed E-state index contributed by atoms with van der Waals surface area (Å²) in [4.78, 5) is 35.5. The van der Waals surface area contributed by atoms with Crippen LogP contribution in [0.5, 0.6) is 0 Å². The van der Waals surface area contributed by atoms with Gasteiger partial charge >= 0.3 is 6.09 Å². The highest BCUT2D eigenvalue weighted by Crippen LogP contribution is 2.23. The van der Waals surface area contributed by atoms with Crippen molar-refractivity contribution in [1.29, 1.82) is 0 Å². The Balaban J connectivity index is 1.71. The molecule has 162 valence electrons. The Morgan fingerprint density at radius 3 is 2.62 bits per heavy atom. The molecule has 1 aromatic heterocycles. The summed E-state index contributed by atoms with van der Waals surface area (Å²) in [5, 5.41) is 10.4. The lowest BCUT2D eigenvalue weighted by atomic mass is 9.95. The Hall–Kier alpha value is -2.13. The molecule has 9 nitrogen and oxygen atoms in total. The molecule has 0 aliphatic carbocycles. The van der Waals surface area contributed by atoms with Crippen LogP contribution in [0.3, 0.4) is 0 Å². The van der Waals surface area contributed by atoms with Gasteiger partial charge in [-0.25, -0.2) is 9.78 Å². The number of rotatable bonds is 3. The predicted molar refractivity (Wildman–Crippen MR) is 107 cm³/mol. The molecule has 3 atom stereocenters. The van der Waals surface area contributed by atoms with Crippen molar-refractivity contribution < 1.29 is 19.4 Å². The van der Waals surface area contributed by atoms with E-state index in [1.54, 1.807) is 22.3 Å². The zero-order valence-corrected chi connectivity index (χ0v) is 17.8. The molecule has 2 amide bonds. The molecule has 29 heavy (non-hydrogen) atoms. The third-order valence-corrected chi connectivity index (χ3v) is 5.35. The van der Waals surface area contributed by atoms with Crippen LogP contribution in [-0.2, 0) is 16.1 Å². The molecule has 2 aliphatic heterocycles. The van der Waals surface area contributed by atoms with Crippen molar-refractivity contribution in [2.24, 2.45) is 5.92 Å². The highest BCUT2D eigenvalue weighted by atomic mass is 16.6. The number of ether oxygens (including phenoxy) is 1. The number of likely N-dealkylation sites (N-methyl/N-ethyl adjacent to an activating group) is 1. The number of likely N-dealkylation sites (tertiary alicyclic amines) is 1. The zero-order chi connectivity index (χ0) is 21.2. The number of nitrogens with zero attached hydrogens (tertiary/aromatic N) is 5. The van der Waals surface area contributed by atoms with E-state index in [2.05, 4.69) is 4.98 Å². The first-order valence-electron chi connectivity index (χ1n) is 10.2. The highest BCUT2D eigenvalue weighted by Gasteiger charge is 2.40. The van der Waals surface area contributed by atoms with Crippen LogP contribution in [-0.4, -0.2) is 98.9 Å². The Morgan fingerprint density at radius 2 is 1.97 bits per heavy atom. The fraction of sp³-hybridized carbons (Fsp3) is 0.750. The van der Waals surface area contributed by atoms with Crippen LogP contribution in [0, 0.1) is 5.92 Å². The van der Waals surface area contributed by atoms with E-state index < -0.39 is 23.8 Å². The van der Waals surface area contributed by atoms with Crippen molar-refractivity contribution in [3.05, 3.63) is 18.7 Å². The molecular formula is C20H33N5O4. The smallest absolute Gasteiger partial charge is 0.411 e. The van der Waals surface area contributed by atoms with Gasteiger partial charge in [0.15, 0.2) is 0 Å². The quantitative estimate of drug-likeness (QED) is 0.791. The van der Waals surface area contributed by atoms with Crippen LogP contribution in [0.25, 0.3) is 0 Å². The molecule has 0 spiro atoms. The fourth-order valence-corrected chi connectivity index (χ4v) is 4.06. The van der Waals surface area contributed by atoms with Gasteiger partial charge in [-0.2, -0.15) is 0 Å². The maximum absolute atomic E-state index is 13.4. The van der Waals surface area contributed by atoms with Gasteiger partial charge in [-0.1, -0.05) is 0 Å². The van der Waals surface area contributed by atoms with E-state index in [-0.39, 0.29) is 11.8 Å². The maximum atomic E-state index is 13.4. The van der Waals surface area contributed by atoms with Gasteiger partial charge in [0.1, 0.15) is 11.6 Å². The normalized spacial score (nSPS) is 26.4. The van der Waals surface area contributed by atoms with Crippen LogP contribution >= 0.6 is 0 Å². The Bertz CT molecular complexity index is 702. The summed E-state index contributed by atoms with van der Waals surface area (Å²) in [5.74, 6) is 0.00462. The summed E-state index contributed by atoms with van der Waals surface area (Å²) in [6.45, 7) is 8.58. The van der Waals surface area contributed by atoms with Gasteiger partial charge < -0.3 is 24.2 Å². The average molecular weight is 408 g/mol. The lowest BCUT2D eigenvalue weighted by molar-refractivity contribution is -0.143. The second-order valence-corrected chi connectivity index (χ2v) is 9.21. The van der Waals surface area contributed by atoms with E-state index in [1.165, 1.54) is 0 Å². The Labute approximate surface area is 172 Å². The first kappa shape index (κ1) is 21.6. The minimum atomic E-state index is -0.620. The van der Waals surface area contributed by atoms with E-state index in [1.807, 2.05) is 43.5 Å². The van der Waals surface area contributed by atoms with Crippen LogP contribution in [0.1, 0.15) is 27.2 Å². The van der Waals surface area contributed by atoms with Crippen molar-refractivity contribution in [3.8, 4) is 0 Å². The van der Waals surface area contributed by atoms with Gasteiger partial charge in [0.25, 0.3) is 0 Å². The van der Waals surface area contributed by atoms with Crippen molar-refractivity contribution in [3.63, 3.8) is 0 Å². The van der Waals surface area contributed by atoms with E-state index >= 15 is 0 Å². The van der Waals surface area contributed by atoms with Crippen molar-refractivity contribution in [1.82, 2.24) is 24.3 Å². The van der Waals surface area contributed by atoms with Crippen molar-refractivity contribution >= 4 is 12.0 Å². The molecule has 2 unspecified atom stereocenters. The minimum absolute atomic E-state index is 0.128. The van der Waals surface area contributed by atoms with Gasteiger partial charge in [0.05, 0.1) is 12.4 Å². The molecular weight excluding hydrogens is 374 g/mol. The molecule has 0 saturated carbocycles. The lowest BCUT2D eigenvalue weighted by Crippen LogP contribution is -2.62. The first-order chi connectivity index (χ1) is 13.6. The van der Waals surface area contributed by atoms with Crippen LogP contribution < -0.4 is 0 Å². The van der Waals surface area contributed by atoms with E-state index in [4.69, 9.17) is 4.74 Å². The van der Waals surface area contributed by atoms with Gasteiger partial charge in [0.2, 0.25) is 5.91 Å². The number of hydrogen-bond acceptors (Lipinski definition) is 6. The van der Waals surface area contributed by atoms with Gasteiger partial charge in [-0.15, -0.1) is 0 Å². The summed E-state index contributed by atoms with van der Waals surface area (Å²) < 4.78 is 7.50. The van der Waals surface area contributed by atoms with Gasteiger partial charge in [-0.3, -0.25) is 9.69 Å². The maximum Gasteiger partial charge on any atom is 0.411 e. The number of hydrogen-bond donors (Lipinski definition) is 1. The van der Waals surface area contributed by atoms with Crippen molar-refractivity contribution in [2.45, 2.75) is 51.5 Å². The van der Waals surface area contributed by atoms with Crippen LogP contribution in [0.2, 0.25) is 0 Å². The standard InChI is InChI=1S/C20H33N5O4/c1-20(2,3)29-19(28)25-8-7-22(4)13-17(25)18(27)24-11-15(9-16(26)12-24)10-23-6-5-21-14-23/h5-6,14-17,26H,7-13H2,1-4H3/t15?,16?,17-/m1/s1. The lowest BCUT2D eigenvalue weighted by Gasteiger charge is -2.43. The number of carbonyl (C=O) groups is 2. The predicted octanol–water partition coefficient (Wildman–Crippen LogP) is 0.644. The van der Waals surface area contributed by atoms with Crippen LogP contribution in [0.4, 0.5) is 4.79 Å². The number of piperidine rings is 1. The first-order valence-corrected chi connectivity index (χ1v) is 10.2. The molecule has 1 N–H and O–H groups in total. The second kappa shape index (κ2) is 8.71. The number of piperazine rings is 1. The number of amides is 2. The van der Waals surface area contributed by atoms with E-state index in [9.17, 15) is 14.7 Å². The second-order valence-electron chi connectivity index (χ2n) is 9.21. The number of imidazole rings is 1. The third kappa shape index (κ3) is 5.70. The minimum Gasteiger partial charge on any atom is -0.444 e. The van der Waals surface area contributed by atoms with E-state index in [0.717, 1.165) is 0 Å². The summed E-state index contributed by atoms with van der Waals surface area (Å²) in [6.07, 6.45) is 4.95. The largest absolute Gasteiger partial charge is 0.444 e. The number of carbonyl (C=O) groups excluding carboxylic acids is 2. The molecule has 1 aromatic rings. The van der Waals surface area contributed by atoms with Gasteiger partial charge in [-0.05, 0) is 40.2 Å². The molecule has 0 bridgehead atoms. The molecule has 3 heterocycles. The SMILES string of the molecule is CN1CCN(C(=O)OC(C)(C)C)[C@@H](C(=O)N2CC(O)CC(Cn3ccnc3)C2)C1. The summed E-state index contributed by atoms with van der Waals surface area (Å²) in [5.41, 5.74) is -0.620.